The lowest BCUT2D eigenvalue weighted by atomic mass is 10.2. The lowest BCUT2D eigenvalue weighted by Crippen LogP contribution is -1.96. The van der Waals surface area contributed by atoms with Crippen molar-refractivity contribution in [3.63, 3.8) is 0 Å². The Morgan fingerprint density at radius 3 is 2.40 bits per heavy atom. The van der Waals surface area contributed by atoms with Crippen molar-refractivity contribution in [3.8, 4) is 0 Å². The van der Waals surface area contributed by atoms with Crippen LogP contribution in [-0.4, -0.2) is 0 Å². The van der Waals surface area contributed by atoms with Crippen molar-refractivity contribution in [1.29, 1.82) is 0 Å². The molecule has 10 heavy (non-hydrogen) atoms. The lowest BCUT2D eigenvalue weighted by molar-refractivity contribution is 0.977. The Kier molecular flexibility index (Phi) is 2.85. The average Bonchev–Trinajstić information content (AvgIpc) is 1.95. The predicted octanol–water partition coefficient (Wildman–Crippen LogP) is 1.87. The van der Waals surface area contributed by atoms with E-state index in [1.807, 2.05) is 0 Å². The SMILES string of the molecule is Cc1ccc(CNP)cc1. The molecule has 1 rings (SSSR count). The van der Waals surface area contributed by atoms with Gasteiger partial charge in [-0.25, -0.2) is 0 Å². The van der Waals surface area contributed by atoms with Crippen molar-refractivity contribution in [1.82, 2.24) is 5.09 Å². The summed E-state index contributed by atoms with van der Waals surface area (Å²) in [6, 6.07) is 8.51. The van der Waals surface area contributed by atoms with Crippen LogP contribution in [-0.2, 0) is 6.54 Å². The highest BCUT2D eigenvalue weighted by molar-refractivity contribution is 7.13. The van der Waals surface area contributed by atoms with E-state index in [9.17, 15) is 0 Å². The van der Waals surface area contributed by atoms with E-state index in [0.29, 0.717) is 0 Å². The quantitative estimate of drug-likeness (QED) is 0.639. The topological polar surface area (TPSA) is 12.0 Å². The maximum Gasteiger partial charge on any atom is 0.0237 e. The molecule has 0 aliphatic carbocycles. The Morgan fingerprint density at radius 1 is 1.30 bits per heavy atom. The van der Waals surface area contributed by atoms with Crippen LogP contribution in [0.3, 0.4) is 0 Å². The molecule has 0 bridgehead atoms. The van der Waals surface area contributed by atoms with Gasteiger partial charge in [-0.05, 0) is 12.5 Å². The molecule has 2 heteroatoms. The summed E-state index contributed by atoms with van der Waals surface area (Å²) in [4.78, 5) is 0. The van der Waals surface area contributed by atoms with Gasteiger partial charge in [0, 0.05) is 6.54 Å². The van der Waals surface area contributed by atoms with Gasteiger partial charge in [-0.1, -0.05) is 39.2 Å². The molecule has 1 nitrogen and oxygen atoms in total. The maximum atomic E-state index is 3.02. The van der Waals surface area contributed by atoms with E-state index in [1.54, 1.807) is 0 Å². The molecule has 0 saturated heterocycles. The van der Waals surface area contributed by atoms with Crippen LogP contribution >= 0.6 is 9.39 Å². The second-order valence-electron chi connectivity index (χ2n) is 2.37. The van der Waals surface area contributed by atoms with Crippen molar-refractivity contribution in [2.75, 3.05) is 0 Å². The monoisotopic (exact) mass is 153 g/mol. The Bertz CT molecular complexity index is 193. The molecule has 1 unspecified atom stereocenters. The minimum atomic E-state index is 0.922. The van der Waals surface area contributed by atoms with Gasteiger partial charge in [0.2, 0.25) is 0 Å². The molecule has 0 fully saturated rings. The molecule has 0 saturated carbocycles. The highest BCUT2D eigenvalue weighted by Crippen LogP contribution is 2.02. The van der Waals surface area contributed by atoms with Gasteiger partial charge in [0.25, 0.3) is 0 Å². The fourth-order valence-electron chi connectivity index (χ4n) is 0.824. The van der Waals surface area contributed by atoms with E-state index in [0.717, 1.165) is 6.54 Å². The number of hydrogen-bond donors (Lipinski definition) is 1. The van der Waals surface area contributed by atoms with Crippen LogP contribution in [0.5, 0.6) is 0 Å². The summed E-state index contributed by atoms with van der Waals surface area (Å²) in [5, 5.41) is 3.02. The molecular formula is C8H12NP. The molecule has 1 N–H and O–H groups in total. The highest BCUT2D eigenvalue weighted by Gasteiger charge is 1.87. The number of benzene rings is 1. The second kappa shape index (κ2) is 3.70. The smallest absolute Gasteiger partial charge is 0.0237 e. The average molecular weight is 153 g/mol. The Hall–Kier alpha value is -0.390. The molecule has 0 amide bonds. The molecule has 0 radical (unpaired) electrons. The predicted molar refractivity (Wildman–Crippen MR) is 47.7 cm³/mol. The van der Waals surface area contributed by atoms with Crippen LogP contribution in [0.2, 0.25) is 0 Å². The number of aryl methyl sites for hydroxylation is 1. The summed E-state index contributed by atoms with van der Waals surface area (Å²) >= 11 is 0. The largest absolute Gasteiger partial charge is 0.296 e. The van der Waals surface area contributed by atoms with Crippen molar-refractivity contribution in [2.24, 2.45) is 0 Å². The molecule has 0 heterocycles. The molecule has 1 aromatic carbocycles. The molecular weight excluding hydrogens is 141 g/mol. The molecule has 0 aliphatic rings. The third-order valence-electron chi connectivity index (χ3n) is 1.43. The van der Waals surface area contributed by atoms with E-state index in [2.05, 4.69) is 45.7 Å². The zero-order valence-electron chi connectivity index (χ0n) is 6.09. The molecule has 1 aromatic rings. The van der Waals surface area contributed by atoms with Crippen molar-refractivity contribution >= 4 is 9.39 Å². The second-order valence-corrected chi connectivity index (χ2v) is 2.77. The third-order valence-corrected chi connectivity index (χ3v) is 1.63. The highest BCUT2D eigenvalue weighted by atomic mass is 31.0. The lowest BCUT2D eigenvalue weighted by Gasteiger charge is -1.98. The zero-order valence-corrected chi connectivity index (χ0v) is 7.25. The molecule has 54 valence electrons. The van der Waals surface area contributed by atoms with Gasteiger partial charge in [-0.3, -0.25) is 5.09 Å². The first-order valence-electron chi connectivity index (χ1n) is 3.32. The number of hydrogen-bond acceptors (Lipinski definition) is 1. The van der Waals surface area contributed by atoms with Crippen LogP contribution < -0.4 is 5.09 Å². The summed E-state index contributed by atoms with van der Waals surface area (Å²) in [6.07, 6.45) is 0. The minimum Gasteiger partial charge on any atom is -0.296 e. The van der Waals surface area contributed by atoms with Gasteiger partial charge in [-0.15, -0.1) is 0 Å². The number of nitrogens with one attached hydrogen (secondary N) is 1. The molecule has 0 aromatic heterocycles. The van der Waals surface area contributed by atoms with E-state index < -0.39 is 0 Å². The van der Waals surface area contributed by atoms with Gasteiger partial charge in [0.1, 0.15) is 0 Å². The van der Waals surface area contributed by atoms with Gasteiger partial charge >= 0.3 is 0 Å². The first-order valence-corrected chi connectivity index (χ1v) is 3.89. The normalized spacial score (nSPS) is 9.80. The van der Waals surface area contributed by atoms with E-state index in [-0.39, 0.29) is 0 Å². The third kappa shape index (κ3) is 2.09. The molecule has 1 atom stereocenters. The van der Waals surface area contributed by atoms with Crippen LogP contribution in [0.1, 0.15) is 11.1 Å². The number of rotatable bonds is 2. The fourth-order valence-corrected chi connectivity index (χ4v) is 1.06. The summed E-state index contributed by atoms with van der Waals surface area (Å²) in [6.45, 7) is 3.02. The van der Waals surface area contributed by atoms with Crippen LogP contribution in [0.15, 0.2) is 24.3 Å². The van der Waals surface area contributed by atoms with Crippen molar-refractivity contribution in [2.45, 2.75) is 13.5 Å². The zero-order chi connectivity index (χ0) is 7.40. The first-order chi connectivity index (χ1) is 4.83. The first kappa shape index (κ1) is 7.71. The summed E-state index contributed by atoms with van der Waals surface area (Å²) in [5.41, 5.74) is 2.63. The summed E-state index contributed by atoms with van der Waals surface area (Å²) in [7, 11) is 2.49. The minimum absolute atomic E-state index is 0.922. The van der Waals surface area contributed by atoms with Crippen molar-refractivity contribution in [3.05, 3.63) is 35.4 Å². The fraction of sp³-hybridized carbons (Fsp3) is 0.250. The van der Waals surface area contributed by atoms with Crippen molar-refractivity contribution < 1.29 is 0 Å². The molecule has 0 spiro atoms. The standard InChI is InChI=1S/C8H12NP/c1-7-2-4-8(5-3-7)6-9-10/h2-5,9H,6,10H2,1H3. The van der Waals surface area contributed by atoms with Gasteiger partial charge < -0.3 is 0 Å². The van der Waals surface area contributed by atoms with E-state index >= 15 is 0 Å². The van der Waals surface area contributed by atoms with E-state index in [1.165, 1.54) is 11.1 Å². The molecule has 0 aliphatic heterocycles. The van der Waals surface area contributed by atoms with Crippen LogP contribution in [0, 0.1) is 6.92 Å². The van der Waals surface area contributed by atoms with Gasteiger partial charge in [-0.2, -0.15) is 0 Å². The Balaban J connectivity index is 2.69. The van der Waals surface area contributed by atoms with E-state index in [4.69, 9.17) is 0 Å². The summed E-state index contributed by atoms with van der Waals surface area (Å²) < 4.78 is 0. The summed E-state index contributed by atoms with van der Waals surface area (Å²) in [5.74, 6) is 0. The maximum absolute atomic E-state index is 3.02. The Labute approximate surface area is 64.1 Å². The van der Waals surface area contributed by atoms with Gasteiger partial charge in [0.05, 0.1) is 0 Å². The van der Waals surface area contributed by atoms with Crippen LogP contribution in [0.4, 0.5) is 0 Å². The van der Waals surface area contributed by atoms with Gasteiger partial charge in [0.15, 0.2) is 0 Å². The van der Waals surface area contributed by atoms with Crippen LogP contribution in [0.25, 0.3) is 0 Å². The Morgan fingerprint density at radius 2 is 1.90 bits per heavy atom.